The third-order valence-corrected chi connectivity index (χ3v) is 5.41. The van der Waals surface area contributed by atoms with Crippen molar-refractivity contribution in [2.45, 2.75) is 27.4 Å². The molecule has 0 aliphatic rings. The molecule has 190 valence electrons. The van der Waals surface area contributed by atoms with Crippen LogP contribution in [0.25, 0.3) is 6.08 Å². The molecule has 0 aromatic heterocycles. The van der Waals surface area contributed by atoms with Crippen LogP contribution in [-0.2, 0) is 16.1 Å². The Morgan fingerprint density at radius 2 is 1.78 bits per heavy atom. The SMILES string of the molecule is CCOC(=O)c1ccc(NC(=O)/C(C#N)=C/c2cc(Cl)c(OCc3cccc(C)c3)c(OCC)c2)cc1. The lowest BCUT2D eigenvalue weighted by Gasteiger charge is -2.15. The second kappa shape index (κ2) is 13.1. The molecule has 0 spiro atoms. The van der Waals surface area contributed by atoms with Gasteiger partial charge in [-0.1, -0.05) is 41.4 Å². The van der Waals surface area contributed by atoms with Crippen LogP contribution in [0.4, 0.5) is 5.69 Å². The summed E-state index contributed by atoms with van der Waals surface area (Å²) in [5.41, 5.74) is 3.25. The lowest BCUT2D eigenvalue weighted by Crippen LogP contribution is -2.13. The van der Waals surface area contributed by atoms with Gasteiger partial charge in [-0.15, -0.1) is 0 Å². The van der Waals surface area contributed by atoms with Crippen LogP contribution in [0.5, 0.6) is 11.5 Å². The zero-order valence-electron chi connectivity index (χ0n) is 20.8. The summed E-state index contributed by atoms with van der Waals surface area (Å²) in [6.45, 7) is 6.50. The number of nitrogens with one attached hydrogen (secondary N) is 1. The highest BCUT2D eigenvalue weighted by atomic mass is 35.5. The molecule has 0 bridgehead atoms. The predicted octanol–water partition coefficient (Wildman–Crippen LogP) is 6.35. The number of halogens is 1. The molecule has 0 fully saturated rings. The van der Waals surface area contributed by atoms with Gasteiger partial charge >= 0.3 is 5.97 Å². The van der Waals surface area contributed by atoms with Crippen LogP contribution in [0.15, 0.2) is 66.2 Å². The van der Waals surface area contributed by atoms with Gasteiger partial charge < -0.3 is 19.5 Å². The molecule has 1 amide bonds. The number of hydrogen-bond acceptors (Lipinski definition) is 6. The first-order valence-electron chi connectivity index (χ1n) is 11.7. The molecule has 0 aliphatic heterocycles. The molecule has 3 rings (SSSR count). The summed E-state index contributed by atoms with van der Waals surface area (Å²) in [4.78, 5) is 24.5. The number of carbonyl (C=O) groups excluding carboxylic acids is 2. The van der Waals surface area contributed by atoms with Crippen LogP contribution in [0.1, 0.15) is 40.9 Å². The van der Waals surface area contributed by atoms with Gasteiger partial charge in [0.15, 0.2) is 11.5 Å². The molecule has 8 heteroatoms. The Hall–Kier alpha value is -4.28. The van der Waals surface area contributed by atoms with Gasteiger partial charge in [0.05, 0.1) is 23.8 Å². The van der Waals surface area contributed by atoms with Gasteiger partial charge in [-0.05, 0) is 74.4 Å². The number of aryl methyl sites for hydroxylation is 1. The van der Waals surface area contributed by atoms with Crippen molar-refractivity contribution >= 4 is 35.2 Å². The Morgan fingerprint density at radius 3 is 2.43 bits per heavy atom. The lowest BCUT2D eigenvalue weighted by molar-refractivity contribution is -0.112. The molecule has 3 aromatic carbocycles. The van der Waals surface area contributed by atoms with Gasteiger partial charge in [-0.2, -0.15) is 5.26 Å². The number of nitrogens with zero attached hydrogens (tertiary/aromatic N) is 1. The molecule has 37 heavy (non-hydrogen) atoms. The minimum absolute atomic E-state index is 0.138. The second-order valence-corrected chi connectivity index (χ2v) is 8.37. The maximum atomic E-state index is 12.7. The fourth-order valence-electron chi connectivity index (χ4n) is 3.45. The van der Waals surface area contributed by atoms with Gasteiger partial charge in [0.2, 0.25) is 0 Å². The molecular weight excluding hydrogens is 492 g/mol. The number of benzene rings is 3. The summed E-state index contributed by atoms with van der Waals surface area (Å²) < 4.78 is 16.6. The van der Waals surface area contributed by atoms with Crippen LogP contribution >= 0.6 is 11.6 Å². The van der Waals surface area contributed by atoms with Crippen LogP contribution in [0.3, 0.4) is 0 Å². The van der Waals surface area contributed by atoms with E-state index < -0.39 is 11.9 Å². The average Bonchev–Trinajstić information content (AvgIpc) is 2.87. The van der Waals surface area contributed by atoms with Crippen molar-refractivity contribution in [2.75, 3.05) is 18.5 Å². The van der Waals surface area contributed by atoms with Crippen LogP contribution in [-0.4, -0.2) is 25.1 Å². The highest BCUT2D eigenvalue weighted by Crippen LogP contribution is 2.38. The molecule has 0 saturated carbocycles. The Kier molecular flexibility index (Phi) is 9.70. The minimum atomic E-state index is -0.611. The van der Waals surface area contributed by atoms with Crippen molar-refractivity contribution in [1.29, 1.82) is 5.26 Å². The van der Waals surface area contributed by atoms with Gasteiger partial charge in [0.1, 0.15) is 18.2 Å². The van der Waals surface area contributed by atoms with E-state index in [2.05, 4.69) is 5.32 Å². The number of esters is 1. The Balaban J connectivity index is 1.79. The van der Waals surface area contributed by atoms with Crippen molar-refractivity contribution in [1.82, 2.24) is 0 Å². The molecule has 0 aliphatic carbocycles. The van der Waals surface area contributed by atoms with Crippen molar-refractivity contribution in [3.63, 3.8) is 0 Å². The Labute approximate surface area is 221 Å². The summed E-state index contributed by atoms with van der Waals surface area (Å²) in [6.07, 6.45) is 1.42. The molecule has 0 atom stereocenters. The fourth-order valence-corrected chi connectivity index (χ4v) is 3.72. The van der Waals surface area contributed by atoms with E-state index in [9.17, 15) is 14.9 Å². The Morgan fingerprint density at radius 1 is 1.03 bits per heavy atom. The maximum Gasteiger partial charge on any atom is 0.338 e. The average molecular weight is 519 g/mol. The third-order valence-electron chi connectivity index (χ3n) is 5.13. The van der Waals surface area contributed by atoms with E-state index in [1.165, 1.54) is 18.2 Å². The van der Waals surface area contributed by atoms with Crippen LogP contribution in [0, 0.1) is 18.3 Å². The first kappa shape index (κ1) is 27.3. The summed E-state index contributed by atoms with van der Waals surface area (Å²) in [7, 11) is 0. The number of rotatable bonds is 10. The quantitative estimate of drug-likeness (QED) is 0.191. The second-order valence-electron chi connectivity index (χ2n) is 7.96. The summed E-state index contributed by atoms with van der Waals surface area (Å²) >= 11 is 6.51. The summed E-state index contributed by atoms with van der Waals surface area (Å²) in [6, 6.07) is 19.3. The van der Waals surface area contributed by atoms with Gasteiger partial charge in [-0.25, -0.2) is 4.79 Å². The van der Waals surface area contributed by atoms with Gasteiger partial charge in [0, 0.05) is 5.69 Å². The number of amides is 1. The molecule has 0 heterocycles. The van der Waals surface area contributed by atoms with E-state index in [0.717, 1.165) is 11.1 Å². The van der Waals surface area contributed by atoms with E-state index in [1.54, 1.807) is 31.2 Å². The number of ether oxygens (including phenoxy) is 3. The van der Waals surface area contributed by atoms with Crippen molar-refractivity contribution in [3.8, 4) is 17.6 Å². The largest absolute Gasteiger partial charge is 0.490 e. The first-order chi connectivity index (χ1) is 17.8. The van der Waals surface area contributed by atoms with Crippen molar-refractivity contribution in [3.05, 3.63) is 93.5 Å². The molecule has 0 saturated heterocycles. The van der Waals surface area contributed by atoms with E-state index in [1.807, 2.05) is 44.2 Å². The van der Waals surface area contributed by atoms with Gasteiger partial charge in [0.25, 0.3) is 5.91 Å². The molecule has 0 radical (unpaired) electrons. The zero-order valence-corrected chi connectivity index (χ0v) is 21.6. The maximum absolute atomic E-state index is 12.7. The van der Waals surface area contributed by atoms with E-state index in [-0.39, 0.29) is 17.2 Å². The fraction of sp³-hybridized carbons (Fsp3) is 0.207. The highest BCUT2D eigenvalue weighted by Gasteiger charge is 2.15. The number of nitriles is 1. The topological polar surface area (TPSA) is 97.7 Å². The smallest absolute Gasteiger partial charge is 0.338 e. The van der Waals surface area contributed by atoms with E-state index >= 15 is 0 Å². The first-order valence-corrected chi connectivity index (χ1v) is 12.1. The lowest BCUT2D eigenvalue weighted by atomic mass is 10.1. The molecular formula is C29H27ClN2O5. The Bertz CT molecular complexity index is 1340. The van der Waals surface area contributed by atoms with Crippen LogP contribution < -0.4 is 14.8 Å². The van der Waals surface area contributed by atoms with Crippen LogP contribution in [0.2, 0.25) is 5.02 Å². The van der Waals surface area contributed by atoms with E-state index in [4.69, 9.17) is 25.8 Å². The minimum Gasteiger partial charge on any atom is -0.490 e. The summed E-state index contributed by atoms with van der Waals surface area (Å²) in [5.74, 6) is -0.278. The number of carbonyl (C=O) groups is 2. The van der Waals surface area contributed by atoms with Crippen molar-refractivity contribution in [2.24, 2.45) is 0 Å². The monoisotopic (exact) mass is 518 g/mol. The van der Waals surface area contributed by atoms with E-state index in [0.29, 0.717) is 41.5 Å². The zero-order chi connectivity index (χ0) is 26.8. The molecule has 3 aromatic rings. The highest BCUT2D eigenvalue weighted by molar-refractivity contribution is 6.32. The normalized spacial score (nSPS) is 10.8. The third kappa shape index (κ3) is 7.60. The van der Waals surface area contributed by atoms with Crippen molar-refractivity contribution < 1.29 is 23.8 Å². The number of hydrogen-bond donors (Lipinski definition) is 1. The molecule has 0 unspecified atom stereocenters. The summed E-state index contributed by atoms with van der Waals surface area (Å²) in [5, 5.41) is 12.6. The molecule has 1 N–H and O–H groups in total. The predicted molar refractivity (Wildman–Crippen MR) is 143 cm³/mol. The number of anilines is 1. The van der Waals surface area contributed by atoms with Gasteiger partial charge in [-0.3, -0.25) is 4.79 Å². The molecule has 7 nitrogen and oxygen atoms in total. The standard InChI is InChI=1S/C29H27ClN2O5/c1-4-35-26-16-21(15-25(30)27(26)37-18-20-8-6-7-19(3)13-20)14-23(17-31)28(33)32-24-11-9-22(10-12-24)29(34)36-5-2/h6-16H,4-5,18H2,1-3H3,(H,32,33)/b23-14+.